The van der Waals surface area contributed by atoms with E-state index in [9.17, 15) is 13.2 Å². The first kappa shape index (κ1) is 21.2. The summed E-state index contributed by atoms with van der Waals surface area (Å²) < 4.78 is 24.9. The van der Waals surface area contributed by atoms with Gasteiger partial charge in [-0.1, -0.05) is 47.6 Å². The summed E-state index contributed by atoms with van der Waals surface area (Å²) in [6.45, 7) is 0.298. The number of amides is 1. The third-order valence-corrected chi connectivity index (χ3v) is 7.73. The lowest BCUT2D eigenvalue weighted by atomic mass is 10.1. The zero-order chi connectivity index (χ0) is 21.7. The number of carbonyl (C=O) groups excluding carboxylic acids is 1. The zero-order valence-electron chi connectivity index (χ0n) is 16.6. The van der Waals surface area contributed by atoms with Crippen LogP contribution < -0.4 is 5.32 Å². The number of thiazole rings is 1. The molecule has 0 aliphatic heterocycles. The standard InChI is InChI=1S/C22H21N3O4S2/c26-21(24-22-23-13-15-30-22)20(25-29-14-12-16-4-2-1-3-5-16)17-6-8-18(9-7-17)31(27,28)19-10-11-19/h1-9,13,15,19H,10-12,14H2,(H,23,24,26)/b25-20+. The van der Waals surface area contributed by atoms with Crippen LogP contribution in [0, 0.1) is 0 Å². The van der Waals surface area contributed by atoms with Gasteiger partial charge in [0.1, 0.15) is 6.61 Å². The van der Waals surface area contributed by atoms with Gasteiger partial charge in [-0.2, -0.15) is 0 Å². The van der Waals surface area contributed by atoms with Crippen LogP contribution in [-0.4, -0.2) is 36.9 Å². The van der Waals surface area contributed by atoms with Crippen molar-refractivity contribution in [1.29, 1.82) is 0 Å². The first-order chi connectivity index (χ1) is 15.0. The first-order valence-corrected chi connectivity index (χ1v) is 12.3. The molecule has 0 unspecified atom stereocenters. The Kier molecular flexibility index (Phi) is 6.43. The fourth-order valence-corrected chi connectivity index (χ4v) is 5.14. The maximum atomic E-state index is 12.8. The van der Waals surface area contributed by atoms with Crippen LogP contribution in [0.1, 0.15) is 24.0 Å². The second-order valence-corrected chi connectivity index (χ2v) is 10.2. The van der Waals surface area contributed by atoms with Crippen molar-refractivity contribution in [3.63, 3.8) is 0 Å². The number of hydrogen-bond acceptors (Lipinski definition) is 7. The van der Waals surface area contributed by atoms with Gasteiger partial charge in [-0.3, -0.25) is 10.1 Å². The maximum Gasteiger partial charge on any atom is 0.280 e. The number of rotatable bonds is 9. The quantitative estimate of drug-likeness (QED) is 0.302. The molecule has 1 aromatic heterocycles. The summed E-state index contributed by atoms with van der Waals surface area (Å²) >= 11 is 1.29. The van der Waals surface area contributed by atoms with Gasteiger partial charge in [0.15, 0.2) is 20.7 Å². The van der Waals surface area contributed by atoms with E-state index in [4.69, 9.17) is 4.84 Å². The van der Waals surface area contributed by atoms with Gasteiger partial charge in [0, 0.05) is 23.6 Å². The number of anilines is 1. The van der Waals surface area contributed by atoms with Gasteiger partial charge in [0.25, 0.3) is 5.91 Å². The molecule has 2 aromatic carbocycles. The SMILES string of the molecule is O=C(Nc1nccs1)/C(=N/OCCc1ccccc1)c1ccc(S(=O)(=O)C2CC2)cc1. The van der Waals surface area contributed by atoms with E-state index < -0.39 is 15.7 Å². The largest absolute Gasteiger partial charge is 0.395 e. The average Bonchev–Trinajstić information content (AvgIpc) is 3.53. The normalized spacial score (nSPS) is 14.3. The van der Waals surface area contributed by atoms with Gasteiger partial charge in [0.2, 0.25) is 0 Å². The Morgan fingerprint density at radius 2 is 1.87 bits per heavy atom. The fraction of sp³-hybridized carbons (Fsp3) is 0.227. The minimum absolute atomic E-state index is 0.0543. The van der Waals surface area contributed by atoms with Crippen LogP contribution in [0.3, 0.4) is 0 Å². The van der Waals surface area contributed by atoms with E-state index in [0.29, 0.717) is 36.6 Å². The molecule has 31 heavy (non-hydrogen) atoms. The summed E-state index contributed by atoms with van der Waals surface area (Å²) in [6.07, 6.45) is 3.62. The van der Waals surface area contributed by atoms with Gasteiger partial charge in [0.05, 0.1) is 10.1 Å². The Morgan fingerprint density at radius 1 is 1.13 bits per heavy atom. The van der Waals surface area contributed by atoms with E-state index in [1.165, 1.54) is 23.5 Å². The molecule has 1 heterocycles. The predicted molar refractivity (Wildman–Crippen MR) is 120 cm³/mol. The molecular formula is C22H21N3O4S2. The van der Waals surface area contributed by atoms with Crippen LogP contribution in [-0.2, 0) is 25.9 Å². The highest BCUT2D eigenvalue weighted by atomic mass is 32.2. The van der Waals surface area contributed by atoms with E-state index in [0.717, 1.165) is 5.56 Å². The Labute approximate surface area is 184 Å². The lowest BCUT2D eigenvalue weighted by Gasteiger charge is -2.08. The topological polar surface area (TPSA) is 97.7 Å². The summed E-state index contributed by atoms with van der Waals surface area (Å²) in [7, 11) is -3.30. The molecule has 3 aromatic rings. The zero-order valence-corrected chi connectivity index (χ0v) is 18.2. The Morgan fingerprint density at radius 3 is 2.52 bits per heavy atom. The average molecular weight is 456 g/mol. The number of sulfone groups is 1. The second kappa shape index (κ2) is 9.40. The van der Waals surface area contributed by atoms with E-state index in [2.05, 4.69) is 15.5 Å². The molecule has 1 saturated carbocycles. The molecule has 7 nitrogen and oxygen atoms in total. The van der Waals surface area contributed by atoms with Crippen molar-refractivity contribution in [3.05, 3.63) is 77.3 Å². The van der Waals surface area contributed by atoms with Crippen LogP contribution in [0.5, 0.6) is 0 Å². The highest BCUT2D eigenvalue weighted by molar-refractivity contribution is 7.92. The molecule has 160 valence electrons. The number of nitrogens with zero attached hydrogens (tertiary/aromatic N) is 2. The molecule has 4 rings (SSSR count). The van der Waals surface area contributed by atoms with Crippen molar-refractivity contribution in [1.82, 2.24) is 4.98 Å². The van der Waals surface area contributed by atoms with Crippen LogP contribution in [0.15, 0.2) is 76.2 Å². The number of carbonyl (C=O) groups is 1. The van der Waals surface area contributed by atoms with Crippen molar-refractivity contribution in [2.24, 2.45) is 5.16 Å². The Hall–Kier alpha value is -3.04. The van der Waals surface area contributed by atoms with Crippen molar-refractivity contribution in [2.75, 3.05) is 11.9 Å². The predicted octanol–water partition coefficient (Wildman–Crippen LogP) is 3.68. The van der Waals surface area contributed by atoms with E-state index in [1.807, 2.05) is 30.3 Å². The van der Waals surface area contributed by atoms with Gasteiger partial charge < -0.3 is 4.84 Å². The minimum Gasteiger partial charge on any atom is -0.395 e. The fourth-order valence-electron chi connectivity index (χ4n) is 2.96. The summed E-state index contributed by atoms with van der Waals surface area (Å²) in [5, 5.41) is 8.65. The molecule has 0 spiro atoms. The van der Waals surface area contributed by atoms with Crippen molar-refractivity contribution >= 4 is 37.9 Å². The number of oxime groups is 1. The van der Waals surface area contributed by atoms with Gasteiger partial charge in [-0.15, -0.1) is 11.3 Å². The van der Waals surface area contributed by atoms with E-state index in [-0.39, 0.29) is 15.9 Å². The number of nitrogens with one attached hydrogen (secondary N) is 1. The second-order valence-electron chi connectivity index (χ2n) is 7.07. The van der Waals surface area contributed by atoms with Crippen LogP contribution in [0.2, 0.25) is 0 Å². The Balaban J connectivity index is 1.51. The number of hydrogen-bond donors (Lipinski definition) is 1. The Bertz CT molecular complexity index is 1160. The van der Waals surface area contributed by atoms with Crippen LogP contribution in [0.25, 0.3) is 0 Å². The third kappa shape index (κ3) is 5.36. The lowest BCUT2D eigenvalue weighted by molar-refractivity contribution is -0.110. The number of benzene rings is 2. The van der Waals surface area contributed by atoms with Crippen molar-refractivity contribution < 1.29 is 18.0 Å². The van der Waals surface area contributed by atoms with Crippen LogP contribution in [0.4, 0.5) is 5.13 Å². The monoisotopic (exact) mass is 455 g/mol. The summed E-state index contributed by atoms with van der Waals surface area (Å²) in [5.74, 6) is -0.479. The summed E-state index contributed by atoms with van der Waals surface area (Å²) in [5.41, 5.74) is 1.61. The van der Waals surface area contributed by atoms with Crippen LogP contribution >= 0.6 is 11.3 Å². The van der Waals surface area contributed by atoms with Gasteiger partial charge in [-0.05, 0) is 30.5 Å². The molecule has 1 fully saturated rings. The van der Waals surface area contributed by atoms with E-state index >= 15 is 0 Å². The third-order valence-electron chi connectivity index (χ3n) is 4.77. The molecular weight excluding hydrogens is 434 g/mol. The first-order valence-electron chi connectivity index (χ1n) is 9.83. The minimum atomic E-state index is -3.30. The molecule has 1 aliphatic carbocycles. The smallest absolute Gasteiger partial charge is 0.280 e. The van der Waals surface area contributed by atoms with Crippen molar-refractivity contribution in [2.45, 2.75) is 29.4 Å². The summed E-state index contributed by atoms with van der Waals surface area (Å²) in [6, 6.07) is 16.0. The molecule has 1 aliphatic rings. The molecule has 0 radical (unpaired) electrons. The molecule has 9 heteroatoms. The molecule has 1 N–H and O–H groups in total. The van der Waals surface area contributed by atoms with Crippen molar-refractivity contribution in [3.8, 4) is 0 Å². The number of aromatic nitrogens is 1. The molecule has 1 amide bonds. The van der Waals surface area contributed by atoms with Gasteiger partial charge >= 0.3 is 0 Å². The highest BCUT2D eigenvalue weighted by Crippen LogP contribution is 2.33. The van der Waals surface area contributed by atoms with E-state index in [1.54, 1.807) is 23.7 Å². The molecule has 0 atom stereocenters. The molecule has 0 bridgehead atoms. The summed E-state index contributed by atoms with van der Waals surface area (Å²) in [4.78, 5) is 22.5. The highest BCUT2D eigenvalue weighted by Gasteiger charge is 2.36. The molecule has 0 saturated heterocycles. The van der Waals surface area contributed by atoms with Gasteiger partial charge in [-0.25, -0.2) is 13.4 Å². The lowest BCUT2D eigenvalue weighted by Crippen LogP contribution is -2.24. The maximum absolute atomic E-state index is 12.8.